The van der Waals surface area contributed by atoms with Crippen molar-refractivity contribution in [2.75, 3.05) is 0 Å². The van der Waals surface area contributed by atoms with Gasteiger partial charge in [0.2, 0.25) is 0 Å². The normalized spacial score (nSPS) is 0. The van der Waals surface area contributed by atoms with Crippen molar-refractivity contribution in [2.24, 2.45) is 0 Å². The molecule has 3 nitrogen and oxygen atoms in total. The van der Waals surface area contributed by atoms with E-state index in [1.807, 2.05) is 0 Å². The Morgan fingerprint density at radius 3 is 0.600 bits per heavy atom. The van der Waals surface area contributed by atoms with Gasteiger partial charge in [-0.25, -0.2) is 0 Å². The minimum absolute atomic E-state index is 0. The molecule has 0 aliphatic heterocycles. The fourth-order valence-corrected chi connectivity index (χ4v) is 0. The van der Waals surface area contributed by atoms with E-state index in [0.29, 0.717) is 0 Å². The SMILES string of the molecule is [Fe+2].[Li+].[O-2].[O-2].[O-2]. The van der Waals surface area contributed by atoms with Crippen LogP contribution in [0.1, 0.15) is 0 Å². The minimum atomic E-state index is 0. The molecule has 0 aliphatic rings. The van der Waals surface area contributed by atoms with E-state index < -0.39 is 0 Å². The Balaban J connectivity index is 0. The Morgan fingerprint density at radius 2 is 0.600 bits per heavy atom. The first-order chi connectivity index (χ1) is 0. The monoisotopic (exact) mass is 111 g/mol. The van der Waals surface area contributed by atoms with Gasteiger partial charge in [-0.2, -0.15) is 0 Å². The van der Waals surface area contributed by atoms with Crippen LogP contribution in [-0.4, -0.2) is 0 Å². The zero-order valence-electron chi connectivity index (χ0n) is 2.58. The molecular weight excluding hydrogens is 111 g/mol. The topological polar surface area (TPSA) is 85.5 Å². The zero-order chi connectivity index (χ0) is 0. The molecule has 5 heteroatoms. The van der Waals surface area contributed by atoms with Crippen LogP contribution in [0.3, 0.4) is 0 Å². The molecule has 0 aromatic rings. The van der Waals surface area contributed by atoms with Gasteiger partial charge in [0.15, 0.2) is 0 Å². The van der Waals surface area contributed by atoms with E-state index in [1.165, 1.54) is 0 Å². The van der Waals surface area contributed by atoms with Crippen LogP contribution in [0.15, 0.2) is 0 Å². The largest absolute Gasteiger partial charge is 2.00 e. The van der Waals surface area contributed by atoms with Crippen molar-refractivity contribution in [3.8, 4) is 0 Å². The van der Waals surface area contributed by atoms with E-state index in [9.17, 15) is 0 Å². The Hall–Kier alpha value is 0.997. The molecule has 0 aromatic heterocycles. The van der Waals surface area contributed by atoms with Gasteiger partial charge in [0.25, 0.3) is 0 Å². The summed E-state index contributed by atoms with van der Waals surface area (Å²) < 4.78 is 0. The standard InChI is InChI=1S/Fe.Li.3O/q+2;+1;3*-2. The van der Waals surface area contributed by atoms with Crippen molar-refractivity contribution < 1.29 is 52.4 Å². The molecule has 0 aliphatic carbocycles. The van der Waals surface area contributed by atoms with Crippen LogP contribution in [0.2, 0.25) is 0 Å². The summed E-state index contributed by atoms with van der Waals surface area (Å²) in [5, 5.41) is 0. The maximum Gasteiger partial charge on any atom is 2.00 e. The van der Waals surface area contributed by atoms with Gasteiger partial charge < -0.3 is 16.4 Å². The molecule has 0 bridgehead atoms. The first-order valence-corrected chi connectivity index (χ1v) is 0. The van der Waals surface area contributed by atoms with E-state index in [2.05, 4.69) is 0 Å². The molecular formula is FeLiO3-3. The summed E-state index contributed by atoms with van der Waals surface area (Å²) in [5.41, 5.74) is 0. The summed E-state index contributed by atoms with van der Waals surface area (Å²) in [4.78, 5) is 0. The number of hydrogen-bond donors (Lipinski definition) is 0. The van der Waals surface area contributed by atoms with Crippen molar-refractivity contribution in [3.63, 3.8) is 0 Å². The van der Waals surface area contributed by atoms with Gasteiger partial charge in [-0.3, -0.25) is 0 Å². The van der Waals surface area contributed by atoms with Crippen LogP contribution in [-0.2, 0) is 33.5 Å². The summed E-state index contributed by atoms with van der Waals surface area (Å²) in [7, 11) is 0. The van der Waals surface area contributed by atoms with E-state index in [4.69, 9.17) is 0 Å². The summed E-state index contributed by atoms with van der Waals surface area (Å²) >= 11 is 0. The molecule has 0 heterocycles. The first-order valence-electron chi connectivity index (χ1n) is 0. The van der Waals surface area contributed by atoms with Crippen LogP contribution < -0.4 is 18.9 Å². The first kappa shape index (κ1) is 151. The van der Waals surface area contributed by atoms with Gasteiger partial charge in [0.05, 0.1) is 0 Å². The Morgan fingerprint density at radius 1 is 0.600 bits per heavy atom. The molecule has 0 aromatic carbocycles. The summed E-state index contributed by atoms with van der Waals surface area (Å²) in [5.74, 6) is 0. The third-order valence-electron chi connectivity index (χ3n) is 0. The van der Waals surface area contributed by atoms with E-state index in [1.54, 1.807) is 0 Å². The van der Waals surface area contributed by atoms with Gasteiger partial charge in [-0.15, -0.1) is 0 Å². The maximum atomic E-state index is 0. The maximum absolute atomic E-state index is 0. The van der Waals surface area contributed by atoms with Gasteiger partial charge in [-0.1, -0.05) is 0 Å². The zero-order valence-corrected chi connectivity index (χ0v) is 3.68. The van der Waals surface area contributed by atoms with Gasteiger partial charge in [0.1, 0.15) is 0 Å². The van der Waals surface area contributed by atoms with Crippen molar-refractivity contribution >= 4 is 0 Å². The van der Waals surface area contributed by atoms with Crippen molar-refractivity contribution in [3.05, 3.63) is 0 Å². The Kier molecular flexibility index (Phi) is 2420. The van der Waals surface area contributed by atoms with Crippen LogP contribution >= 0.6 is 0 Å². The third-order valence-corrected chi connectivity index (χ3v) is 0. The predicted molar refractivity (Wildman–Crippen MR) is 2.06 cm³/mol. The molecule has 0 rings (SSSR count). The molecule has 5 heavy (non-hydrogen) atoms. The average molecular weight is 111 g/mol. The predicted octanol–water partition coefficient (Wildman–Crippen LogP) is -3.35. The fraction of sp³-hybridized carbons (Fsp3) is 0. The quantitative estimate of drug-likeness (QED) is 0.292. The van der Waals surface area contributed by atoms with Crippen molar-refractivity contribution in [2.45, 2.75) is 0 Å². The van der Waals surface area contributed by atoms with E-state index in [-0.39, 0.29) is 52.4 Å². The molecule has 30 valence electrons. The number of rotatable bonds is 0. The Bertz CT molecular complexity index is 6.85. The third kappa shape index (κ3) is 45.2. The second-order valence-corrected chi connectivity index (χ2v) is 0. The summed E-state index contributed by atoms with van der Waals surface area (Å²) in [6, 6.07) is 0. The number of hydrogen-bond acceptors (Lipinski definition) is 0. The van der Waals surface area contributed by atoms with Crippen LogP contribution in [0.5, 0.6) is 0 Å². The van der Waals surface area contributed by atoms with Crippen LogP contribution in [0.4, 0.5) is 0 Å². The molecule has 0 spiro atoms. The fourth-order valence-electron chi connectivity index (χ4n) is 0. The summed E-state index contributed by atoms with van der Waals surface area (Å²) in [6.07, 6.45) is 0. The molecule has 0 atom stereocenters. The summed E-state index contributed by atoms with van der Waals surface area (Å²) in [6.45, 7) is 0. The van der Waals surface area contributed by atoms with Gasteiger partial charge >= 0.3 is 35.9 Å². The smallest absolute Gasteiger partial charge is 2.00 e. The van der Waals surface area contributed by atoms with Gasteiger partial charge in [0, 0.05) is 0 Å². The molecule has 0 unspecified atom stereocenters. The van der Waals surface area contributed by atoms with Crippen molar-refractivity contribution in [1.29, 1.82) is 0 Å². The molecule has 0 fully saturated rings. The van der Waals surface area contributed by atoms with Crippen molar-refractivity contribution in [1.82, 2.24) is 0 Å². The second-order valence-electron chi connectivity index (χ2n) is 0. The molecule has 0 saturated heterocycles. The van der Waals surface area contributed by atoms with Crippen LogP contribution in [0, 0.1) is 0 Å². The van der Waals surface area contributed by atoms with E-state index in [0.717, 1.165) is 0 Å². The molecule has 0 N–H and O–H groups in total. The second kappa shape index (κ2) is 80.3. The molecule has 0 saturated carbocycles. The molecule has 0 amide bonds. The van der Waals surface area contributed by atoms with Crippen LogP contribution in [0.25, 0.3) is 0 Å². The minimum Gasteiger partial charge on any atom is -2.00 e. The van der Waals surface area contributed by atoms with Gasteiger partial charge in [-0.05, 0) is 0 Å². The Labute approximate surface area is 52.7 Å². The average Bonchev–Trinajstić information content (AvgIpc) is 0. The van der Waals surface area contributed by atoms with E-state index >= 15 is 0 Å². The molecule has 0 radical (unpaired) electrons.